The first kappa shape index (κ1) is 14.3. The van der Waals surface area contributed by atoms with Crippen molar-refractivity contribution in [2.24, 2.45) is 10.7 Å². The van der Waals surface area contributed by atoms with Gasteiger partial charge in [0.15, 0.2) is 5.96 Å². The standard InChI is InChI=1S/C12H27N3/c1-4-5-6-7-8-9-10-14-12(13)15-11(2)3/h11H,4-10H2,1-3H3,(H3,13,14,15). The van der Waals surface area contributed by atoms with Crippen molar-refractivity contribution in [2.45, 2.75) is 65.3 Å². The summed E-state index contributed by atoms with van der Waals surface area (Å²) in [5.41, 5.74) is 5.68. The van der Waals surface area contributed by atoms with E-state index in [0.29, 0.717) is 12.0 Å². The lowest BCUT2D eigenvalue weighted by Gasteiger charge is -2.08. The molecule has 0 saturated carbocycles. The van der Waals surface area contributed by atoms with Gasteiger partial charge in [-0.25, -0.2) is 0 Å². The Morgan fingerprint density at radius 3 is 2.33 bits per heavy atom. The Morgan fingerprint density at radius 1 is 1.13 bits per heavy atom. The van der Waals surface area contributed by atoms with Crippen molar-refractivity contribution in [3.8, 4) is 0 Å². The Hall–Kier alpha value is -0.730. The zero-order valence-corrected chi connectivity index (χ0v) is 10.6. The summed E-state index contributed by atoms with van der Waals surface area (Å²) in [6.07, 6.45) is 7.80. The van der Waals surface area contributed by atoms with E-state index in [-0.39, 0.29) is 0 Å². The summed E-state index contributed by atoms with van der Waals surface area (Å²) in [6, 6.07) is 0.373. The van der Waals surface area contributed by atoms with Crippen LogP contribution < -0.4 is 11.1 Å². The molecule has 0 radical (unpaired) electrons. The van der Waals surface area contributed by atoms with Crippen molar-refractivity contribution in [3.05, 3.63) is 0 Å². The van der Waals surface area contributed by atoms with Crippen molar-refractivity contribution in [3.63, 3.8) is 0 Å². The third-order valence-electron chi connectivity index (χ3n) is 2.23. The second-order valence-electron chi connectivity index (χ2n) is 4.33. The lowest BCUT2D eigenvalue weighted by Crippen LogP contribution is -2.36. The molecule has 0 aliphatic rings. The van der Waals surface area contributed by atoms with Gasteiger partial charge in [-0.05, 0) is 20.3 Å². The fourth-order valence-corrected chi connectivity index (χ4v) is 1.43. The van der Waals surface area contributed by atoms with Crippen LogP contribution in [0.15, 0.2) is 4.99 Å². The van der Waals surface area contributed by atoms with Crippen molar-refractivity contribution < 1.29 is 0 Å². The fraction of sp³-hybridized carbons (Fsp3) is 0.917. The molecule has 0 unspecified atom stereocenters. The van der Waals surface area contributed by atoms with Gasteiger partial charge >= 0.3 is 0 Å². The van der Waals surface area contributed by atoms with E-state index in [1.807, 2.05) is 0 Å². The van der Waals surface area contributed by atoms with Gasteiger partial charge in [0.25, 0.3) is 0 Å². The average Bonchev–Trinajstić information content (AvgIpc) is 2.15. The topological polar surface area (TPSA) is 50.4 Å². The first-order valence-corrected chi connectivity index (χ1v) is 6.23. The molecule has 90 valence electrons. The molecule has 0 rings (SSSR count). The maximum absolute atomic E-state index is 5.68. The van der Waals surface area contributed by atoms with E-state index in [0.717, 1.165) is 13.0 Å². The summed E-state index contributed by atoms with van der Waals surface area (Å²) in [6.45, 7) is 7.22. The van der Waals surface area contributed by atoms with E-state index < -0.39 is 0 Å². The monoisotopic (exact) mass is 213 g/mol. The Kier molecular flexibility index (Phi) is 9.33. The smallest absolute Gasteiger partial charge is 0.188 e. The van der Waals surface area contributed by atoms with Crippen LogP contribution in [0.5, 0.6) is 0 Å². The molecule has 0 heterocycles. The zero-order valence-electron chi connectivity index (χ0n) is 10.6. The van der Waals surface area contributed by atoms with Crippen LogP contribution >= 0.6 is 0 Å². The minimum Gasteiger partial charge on any atom is -0.370 e. The highest BCUT2D eigenvalue weighted by molar-refractivity contribution is 5.77. The van der Waals surface area contributed by atoms with Gasteiger partial charge in [0.05, 0.1) is 0 Å². The summed E-state index contributed by atoms with van der Waals surface area (Å²) in [4.78, 5) is 4.27. The quantitative estimate of drug-likeness (QED) is 0.370. The maximum atomic E-state index is 5.68. The number of rotatable bonds is 8. The molecular weight excluding hydrogens is 186 g/mol. The molecule has 0 bridgehead atoms. The molecule has 0 saturated heterocycles. The Morgan fingerprint density at radius 2 is 1.73 bits per heavy atom. The molecule has 3 nitrogen and oxygen atoms in total. The third kappa shape index (κ3) is 11.2. The molecule has 0 aliphatic heterocycles. The van der Waals surface area contributed by atoms with Crippen molar-refractivity contribution in [1.82, 2.24) is 5.32 Å². The number of nitrogens with two attached hydrogens (primary N) is 1. The molecular formula is C12H27N3. The van der Waals surface area contributed by atoms with Crippen LogP contribution in [0.2, 0.25) is 0 Å². The maximum Gasteiger partial charge on any atom is 0.188 e. The summed E-state index contributed by atoms with van der Waals surface area (Å²) in [5.74, 6) is 0.582. The van der Waals surface area contributed by atoms with Crippen molar-refractivity contribution >= 4 is 5.96 Å². The lowest BCUT2D eigenvalue weighted by molar-refractivity contribution is 0.611. The van der Waals surface area contributed by atoms with Crippen LogP contribution in [-0.2, 0) is 0 Å². The minimum atomic E-state index is 0.373. The van der Waals surface area contributed by atoms with Crippen LogP contribution in [0.3, 0.4) is 0 Å². The summed E-state index contributed by atoms with van der Waals surface area (Å²) in [5, 5.41) is 3.08. The second-order valence-corrected chi connectivity index (χ2v) is 4.33. The molecule has 0 amide bonds. The summed E-state index contributed by atoms with van der Waals surface area (Å²) in [7, 11) is 0. The van der Waals surface area contributed by atoms with Crippen molar-refractivity contribution in [2.75, 3.05) is 6.54 Å². The largest absolute Gasteiger partial charge is 0.370 e. The fourth-order valence-electron chi connectivity index (χ4n) is 1.43. The van der Waals surface area contributed by atoms with Gasteiger partial charge in [-0.3, -0.25) is 4.99 Å². The van der Waals surface area contributed by atoms with Crippen LogP contribution in [0.4, 0.5) is 0 Å². The van der Waals surface area contributed by atoms with Crippen LogP contribution in [0.1, 0.15) is 59.3 Å². The van der Waals surface area contributed by atoms with E-state index in [9.17, 15) is 0 Å². The van der Waals surface area contributed by atoms with E-state index in [1.54, 1.807) is 0 Å². The molecule has 3 heteroatoms. The molecule has 0 atom stereocenters. The molecule has 0 aromatic heterocycles. The van der Waals surface area contributed by atoms with E-state index in [4.69, 9.17) is 5.73 Å². The highest BCUT2D eigenvalue weighted by Crippen LogP contribution is 2.04. The third-order valence-corrected chi connectivity index (χ3v) is 2.23. The first-order chi connectivity index (χ1) is 7.16. The SMILES string of the molecule is CCCCCCCCN=C(N)NC(C)C. The second kappa shape index (κ2) is 9.81. The van der Waals surface area contributed by atoms with E-state index in [1.165, 1.54) is 32.1 Å². The average molecular weight is 213 g/mol. The van der Waals surface area contributed by atoms with Crippen LogP contribution in [0, 0.1) is 0 Å². The summed E-state index contributed by atoms with van der Waals surface area (Å²) < 4.78 is 0. The molecule has 3 N–H and O–H groups in total. The number of hydrogen-bond donors (Lipinski definition) is 2. The number of aliphatic imine (C=N–C) groups is 1. The molecule has 0 aliphatic carbocycles. The predicted molar refractivity (Wildman–Crippen MR) is 68.1 cm³/mol. The predicted octanol–water partition coefficient (Wildman–Crippen LogP) is 2.66. The van der Waals surface area contributed by atoms with Gasteiger partial charge in [0.2, 0.25) is 0 Å². The molecule has 0 spiro atoms. The molecule has 0 aromatic carbocycles. The normalized spacial score (nSPS) is 12.1. The zero-order chi connectivity index (χ0) is 11.5. The molecule has 0 fully saturated rings. The van der Waals surface area contributed by atoms with Gasteiger partial charge < -0.3 is 11.1 Å². The summed E-state index contributed by atoms with van der Waals surface area (Å²) >= 11 is 0. The van der Waals surface area contributed by atoms with Gasteiger partial charge in [-0.15, -0.1) is 0 Å². The molecule has 15 heavy (non-hydrogen) atoms. The van der Waals surface area contributed by atoms with Crippen molar-refractivity contribution in [1.29, 1.82) is 0 Å². The number of nitrogens with zero attached hydrogens (tertiary/aromatic N) is 1. The Labute approximate surface area is 94.5 Å². The highest BCUT2D eigenvalue weighted by Gasteiger charge is 1.94. The number of unbranched alkanes of at least 4 members (excludes halogenated alkanes) is 5. The van der Waals surface area contributed by atoms with Gasteiger partial charge in [0, 0.05) is 12.6 Å². The minimum absolute atomic E-state index is 0.373. The number of guanidine groups is 1. The van der Waals surface area contributed by atoms with Crippen LogP contribution in [0.25, 0.3) is 0 Å². The van der Waals surface area contributed by atoms with E-state index >= 15 is 0 Å². The number of nitrogens with one attached hydrogen (secondary N) is 1. The molecule has 0 aromatic rings. The van der Waals surface area contributed by atoms with Gasteiger partial charge in [0.1, 0.15) is 0 Å². The highest BCUT2D eigenvalue weighted by atomic mass is 15.1. The Balaban J connectivity index is 3.28. The Bertz CT molecular complexity index is 164. The van der Waals surface area contributed by atoms with Crippen LogP contribution in [-0.4, -0.2) is 18.5 Å². The van der Waals surface area contributed by atoms with Gasteiger partial charge in [-0.1, -0.05) is 39.0 Å². The lowest BCUT2D eigenvalue weighted by atomic mass is 10.1. The number of hydrogen-bond acceptors (Lipinski definition) is 1. The van der Waals surface area contributed by atoms with E-state index in [2.05, 4.69) is 31.1 Å². The van der Waals surface area contributed by atoms with Gasteiger partial charge in [-0.2, -0.15) is 0 Å². The first-order valence-electron chi connectivity index (χ1n) is 6.23.